The molecule has 59 heavy (non-hydrogen) atoms. The summed E-state index contributed by atoms with van der Waals surface area (Å²) in [5.74, 6) is 5.22. The van der Waals surface area contributed by atoms with Crippen molar-refractivity contribution in [3.05, 3.63) is 36.4 Å². The van der Waals surface area contributed by atoms with Crippen molar-refractivity contribution < 1.29 is 48.0 Å². The number of phenols is 1. The minimum Gasteiger partial charge on any atom is -0.507 e. The summed E-state index contributed by atoms with van der Waals surface area (Å²) in [6.07, 6.45) is 9.63. The second-order valence-corrected chi connectivity index (χ2v) is 20.6. The van der Waals surface area contributed by atoms with E-state index in [1.807, 2.05) is 61.5 Å². The molecule has 4 saturated carbocycles. The summed E-state index contributed by atoms with van der Waals surface area (Å²) in [6.45, 7) is 19.7. The molecule has 324 valence electrons. The van der Waals surface area contributed by atoms with Gasteiger partial charge in [-0.3, -0.25) is 19.2 Å². The molecule has 0 aromatic heterocycles. The zero-order valence-electron chi connectivity index (χ0n) is 37.0. The van der Waals surface area contributed by atoms with Gasteiger partial charge in [0.05, 0.1) is 28.3 Å². The highest BCUT2D eigenvalue weighted by molar-refractivity contribution is 5.94. The topological polar surface area (TPSA) is 135 Å². The highest BCUT2D eigenvalue weighted by Gasteiger charge is 2.68. The molecule has 10 heteroatoms. The Kier molecular flexibility index (Phi) is 11.8. The molecule has 10 nitrogen and oxygen atoms in total. The third-order valence-electron chi connectivity index (χ3n) is 16.2. The summed E-state index contributed by atoms with van der Waals surface area (Å²) < 4.78 is 28.3. The molecule has 0 amide bonds. The number of carbonyl (C=O) groups excluding carboxylic acids is 4. The van der Waals surface area contributed by atoms with E-state index in [0.717, 1.165) is 54.2 Å². The van der Waals surface area contributed by atoms with E-state index in [9.17, 15) is 24.3 Å². The Morgan fingerprint density at radius 1 is 0.746 bits per heavy atom. The van der Waals surface area contributed by atoms with Crippen LogP contribution in [0.15, 0.2) is 36.4 Å². The van der Waals surface area contributed by atoms with E-state index in [-0.39, 0.29) is 58.8 Å². The Morgan fingerprint density at radius 2 is 1.36 bits per heavy atom. The van der Waals surface area contributed by atoms with Crippen molar-refractivity contribution in [1.29, 1.82) is 0 Å². The number of ether oxygens (including phenoxy) is 5. The first-order valence-electron chi connectivity index (χ1n) is 22.5. The minimum absolute atomic E-state index is 0.0455. The van der Waals surface area contributed by atoms with E-state index in [0.29, 0.717) is 36.3 Å². The molecule has 1 N–H and O–H groups in total. The highest BCUT2D eigenvalue weighted by atomic mass is 16.7. The molecule has 7 fully saturated rings. The second-order valence-electron chi connectivity index (χ2n) is 20.6. The summed E-state index contributed by atoms with van der Waals surface area (Å²) in [5.41, 5.74) is -1.49. The van der Waals surface area contributed by atoms with Crippen molar-refractivity contribution in [2.24, 2.45) is 57.7 Å². The van der Waals surface area contributed by atoms with Gasteiger partial charge in [-0.05, 0) is 147 Å². The summed E-state index contributed by atoms with van der Waals surface area (Å²) >= 11 is 0. The lowest BCUT2D eigenvalue weighted by Gasteiger charge is -2.46. The van der Waals surface area contributed by atoms with Crippen LogP contribution in [0, 0.1) is 57.7 Å². The maximum atomic E-state index is 12.7. The van der Waals surface area contributed by atoms with Gasteiger partial charge in [0.25, 0.3) is 0 Å². The Balaban J connectivity index is 0.000000135. The summed E-state index contributed by atoms with van der Waals surface area (Å²) in [6, 6.07) is 10.5. The van der Waals surface area contributed by atoms with Crippen LogP contribution in [0.4, 0.5) is 0 Å². The lowest BCUT2D eigenvalue weighted by Crippen LogP contribution is -2.49. The van der Waals surface area contributed by atoms with Gasteiger partial charge < -0.3 is 28.8 Å². The summed E-state index contributed by atoms with van der Waals surface area (Å²) in [7, 11) is 0. The first-order chi connectivity index (χ1) is 27.8. The molecule has 2 aromatic carbocycles. The fourth-order valence-electron chi connectivity index (χ4n) is 11.3. The van der Waals surface area contributed by atoms with Crippen LogP contribution in [0.2, 0.25) is 0 Å². The number of hydrogen-bond acceptors (Lipinski definition) is 10. The number of carbonyl (C=O) groups is 4. The number of rotatable bonds is 10. The number of benzene rings is 2. The molecule has 9 rings (SSSR count). The van der Waals surface area contributed by atoms with Gasteiger partial charge in [0.15, 0.2) is 12.2 Å². The van der Waals surface area contributed by atoms with E-state index < -0.39 is 23.0 Å². The molecule has 3 heterocycles. The third kappa shape index (κ3) is 7.67. The van der Waals surface area contributed by atoms with Crippen molar-refractivity contribution in [1.82, 2.24) is 0 Å². The zero-order valence-corrected chi connectivity index (χ0v) is 37.0. The fraction of sp³-hybridized carbons (Fsp3) is 0.714. The van der Waals surface area contributed by atoms with Crippen LogP contribution < -0.4 is 4.74 Å². The van der Waals surface area contributed by atoms with E-state index in [4.69, 9.17) is 23.7 Å². The number of hydrogen-bond donors (Lipinski definition) is 1. The quantitative estimate of drug-likeness (QED) is 0.107. The van der Waals surface area contributed by atoms with Crippen LogP contribution in [0.25, 0.3) is 10.8 Å². The van der Waals surface area contributed by atoms with Crippen molar-refractivity contribution in [3.8, 4) is 11.5 Å². The SMILES string of the molecule is CCC(C)(C)C(=O)OC1(CC)CC2CC1C1C3CCC(C3)C21.CCC(C)(C)C(=O)OC1C2CC3C(=O)OC1C3O2.CCC(C)(C)C(=O)Oc1cccc2c(O)cccc12. The van der Waals surface area contributed by atoms with Crippen molar-refractivity contribution in [2.75, 3.05) is 0 Å². The van der Waals surface area contributed by atoms with Gasteiger partial charge in [0, 0.05) is 16.7 Å². The molecule has 2 aromatic rings. The van der Waals surface area contributed by atoms with E-state index >= 15 is 0 Å². The van der Waals surface area contributed by atoms with Crippen molar-refractivity contribution >= 4 is 34.6 Å². The predicted octanol–water partition coefficient (Wildman–Crippen LogP) is 9.75. The molecule has 3 aliphatic heterocycles. The predicted molar refractivity (Wildman–Crippen MR) is 223 cm³/mol. The molecule has 12 unspecified atom stereocenters. The highest BCUT2D eigenvalue weighted by Crippen LogP contribution is 2.71. The average Bonchev–Trinajstić information content (AvgIpc) is 4.09. The van der Waals surface area contributed by atoms with E-state index in [1.54, 1.807) is 30.3 Å². The van der Waals surface area contributed by atoms with Gasteiger partial charge in [-0.2, -0.15) is 0 Å². The lowest BCUT2D eigenvalue weighted by molar-refractivity contribution is -0.183. The molecule has 4 aliphatic carbocycles. The van der Waals surface area contributed by atoms with Crippen molar-refractivity contribution in [2.45, 2.75) is 163 Å². The molecule has 0 spiro atoms. The molecule has 0 radical (unpaired) electrons. The number of phenolic OH excluding ortho intramolecular Hbond substituents is 1. The minimum atomic E-state index is -0.515. The van der Waals surface area contributed by atoms with Gasteiger partial charge in [-0.1, -0.05) is 52.0 Å². The molecule has 7 aliphatic rings. The number of fused-ring (bicyclic) bond motifs is 11. The molecular weight excluding hydrogens is 749 g/mol. The Labute approximate surface area is 350 Å². The van der Waals surface area contributed by atoms with Crippen LogP contribution in [-0.2, 0) is 38.1 Å². The largest absolute Gasteiger partial charge is 0.507 e. The maximum absolute atomic E-state index is 12.7. The Morgan fingerprint density at radius 3 is 2.02 bits per heavy atom. The Bertz CT molecular complexity index is 1930. The monoisotopic (exact) mass is 816 g/mol. The normalized spacial score (nSPS) is 34.4. The lowest BCUT2D eigenvalue weighted by atomic mass is 9.65. The first-order valence-corrected chi connectivity index (χ1v) is 22.5. The number of aromatic hydroxyl groups is 1. The summed E-state index contributed by atoms with van der Waals surface area (Å²) in [4.78, 5) is 48.4. The fourth-order valence-corrected chi connectivity index (χ4v) is 11.3. The van der Waals surface area contributed by atoms with Crippen LogP contribution in [0.3, 0.4) is 0 Å². The van der Waals surface area contributed by atoms with Gasteiger partial charge in [0.1, 0.15) is 23.2 Å². The van der Waals surface area contributed by atoms with Crippen LogP contribution in [0.1, 0.15) is 133 Å². The summed E-state index contributed by atoms with van der Waals surface area (Å²) in [5, 5.41) is 11.2. The van der Waals surface area contributed by atoms with Gasteiger partial charge in [-0.15, -0.1) is 0 Å². The zero-order chi connectivity index (χ0) is 42.8. The van der Waals surface area contributed by atoms with Gasteiger partial charge in [0.2, 0.25) is 0 Å². The number of esters is 4. The average molecular weight is 817 g/mol. The van der Waals surface area contributed by atoms with E-state index in [1.165, 1.54) is 25.7 Å². The standard InChI is InChI=1S/C20H32O2.C16H18O3.C13H18O5/c1-5-19(3,4)18(21)22-20(6-2)11-14-10-15(20)17-13-8-7-12(9-13)16(14)17;1-4-16(2,3)15(18)19-14-10-6-7-11-12(14)8-5-9-13(11)17;1-4-13(2,3)12(15)18-9-7-5-6-8(16-7)10(9)17-11(6)14/h12-17H,5-11H2,1-4H3;5-10,17H,4H2,1-3H3;6-10H,4-5H2,1-3H3. The molecular formula is C49H68O10. The first kappa shape index (κ1) is 43.4. The van der Waals surface area contributed by atoms with Gasteiger partial charge in [-0.25, -0.2) is 0 Å². The molecule has 3 saturated heterocycles. The smallest absolute Gasteiger partial charge is 0.316 e. The third-order valence-corrected chi connectivity index (χ3v) is 16.2. The second kappa shape index (κ2) is 16.0. The maximum Gasteiger partial charge on any atom is 0.316 e. The van der Waals surface area contributed by atoms with Gasteiger partial charge >= 0.3 is 23.9 Å². The van der Waals surface area contributed by atoms with Crippen molar-refractivity contribution in [3.63, 3.8) is 0 Å². The molecule has 6 bridgehead atoms. The van der Waals surface area contributed by atoms with E-state index in [2.05, 4.69) is 13.8 Å². The van der Waals surface area contributed by atoms with Crippen LogP contribution in [-0.4, -0.2) is 59.0 Å². The van der Waals surface area contributed by atoms with Crippen LogP contribution >= 0.6 is 0 Å². The van der Waals surface area contributed by atoms with Crippen LogP contribution in [0.5, 0.6) is 11.5 Å². The molecule has 12 atom stereocenters. The Hall–Kier alpha value is -3.66.